The summed E-state index contributed by atoms with van der Waals surface area (Å²) < 4.78 is 62.6. The van der Waals surface area contributed by atoms with Crippen LogP contribution in [0.3, 0.4) is 0 Å². The molecule has 0 saturated carbocycles. The molecule has 1 aliphatic heterocycles. The summed E-state index contributed by atoms with van der Waals surface area (Å²) in [6.07, 6.45) is 2.88. The SMILES string of the molecule is N#Cc1cccnc1N1CCCN(C(=O)c2cccnc2S(=O)(=O)C(F)(F)F)CC1. The average molecular weight is 439 g/mol. The van der Waals surface area contributed by atoms with Crippen LogP contribution in [0.15, 0.2) is 41.7 Å². The fourth-order valence-corrected chi connectivity index (χ4v) is 3.98. The molecule has 2 aromatic rings. The molecule has 12 heteroatoms. The Morgan fingerprint density at radius 1 is 1.07 bits per heavy atom. The average Bonchev–Trinajstić information content (AvgIpc) is 2.98. The van der Waals surface area contributed by atoms with Gasteiger partial charge in [-0.2, -0.15) is 18.4 Å². The smallest absolute Gasteiger partial charge is 0.354 e. The van der Waals surface area contributed by atoms with Gasteiger partial charge >= 0.3 is 5.51 Å². The van der Waals surface area contributed by atoms with Gasteiger partial charge in [0.2, 0.25) is 0 Å². The fourth-order valence-electron chi connectivity index (χ4n) is 3.12. The fraction of sp³-hybridized carbons (Fsp3) is 0.333. The van der Waals surface area contributed by atoms with Gasteiger partial charge in [0, 0.05) is 38.6 Å². The van der Waals surface area contributed by atoms with Crippen LogP contribution in [0.5, 0.6) is 0 Å². The van der Waals surface area contributed by atoms with Gasteiger partial charge in [-0.1, -0.05) is 0 Å². The van der Waals surface area contributed by atoms with Crippen molar-refractivity contribution in [3.8, 4) is 6.07 Å². The van der Waals surface area contributed by atoms with E-state index in [0.717, 1.165) is 12.3 Å². The molecule has 8 nitrogen and oxygen atoms in total. The quantitative estimate of drug-likeness (QED) is 0.720. The normalized spacial score (nSPS) is 15.4. The number of carbonyl (C=O) groups is 1. The minimum atomic E-state index is -5.78. The third-order valence-electron chi connectivity index (χ3n) is 4.55. The van der Waals surface area contributed by atoms with Crippen LogP contribution in [0.25, 0.3) is 0 Å². The zero-order chi connectivity index (χ0) is 21.9. The molecule has 0 radical (unpaired) electrons. The molecule has 1 fully saturated rings. The van der Waals surface area contributed by atoms with Crippen molar-refractivity contribution in [1.29, 1.82) is 5.26 Å². The maximum Gasteiger partial charge on any atom is 0.503 e. The first-order chi connectivity index (χ1) is 14.2. The van der Waals surface area contributed by atoms with E-state index in [9.17, 15) is 31.6 Å². The van der Waals surface area contributed by atoms with Gasteiger partial charge in [-0.25, -0.2) is 18.4 Å². The number of pyridine rings is 2. The van der Waals surface area contributed by atoms with Crippen LogP contribution in [0, 0.1) is 11.3 Å². The van der Waals surface area contributed by atoms with Crippen LogP contribution in [0.2, 0.25) is 0 Å². The van der Waals surface area contributed by atoms with Crippen LogP contribution < -0.4 is 4.90 Å². The largest absolute Gasteiger partial charge is 0.503 e. The molecule has 3 heterocycles. The van der Waals surface area contributed by atoms with Crippen molar-refractivity contribution in [3.05, 3.63) is 47.8 Å². The summed E-state index contributed by atoms with van der Waals surface area (Å²) in [6, 6.07) is 7.51. The van der Waals surface area contributed by atoms with Gasteiger partial charge < -0.3 is 9.80 Å². The van der Waals surface area contributed by atoms with E-state index in [-0.39, 0.29) is 19.6 Å². The lowest BCUT2D eigenvalue weighted by molar-refractivity contribution is -0.0438. The highest BCUT2D eigenvalue weighted by atomic mass is 32.2. The first-order valence-corrected chi connectivity index (χ1v) is 10.3. The number of halogens is 3. The summed E-state index contributed by atoms with van der Waals surface area (Å²) in [5, 5.41) is 7.94. The molecule has 0 bridgehead atoms. The molecular weight excluding hydrogens is 423 g/mol. The lowest BCUT2D eigenvalue weighted by Crippen LogP contribution is -2.37. The number of nitrogens with zero attached hydrogens (tertiary/aromatic N) is 5. The molecule has 1 amide bonds. The third-order valence-corrected chi connectivity index (χ3v) is 5.99. The number of hydrogen-bond donors (Lipinski definition) is 0. The van der Waals surface area contributed by atoms with Gasteiger partial charge in [0.05, 0.1) is 11.1 Å². The van der Waals surface area contributed by atoms with E-state index in [1.165, 1.54) is 17.2 Å². The standard InChI is InChI=1S/C18H16F3N5O3S/c19-18(20,21)30(28,29)16-14(5-2-7-24-16)17(27)26-9-3-8-25(10-11-26)15-13(12-22)4-1-6-23-15/h1-2,4-7H,3,8-11H2. The topological polar surface area (TPSA) is 107 Å². The zero-order valence-corrected chi connectivity index (χ0v) is 16.3. The number of hydrogen-bond acceptors (Lipinski definition) is 7. The second-order valence-corrected chi connectivity index (χ2v) is 8.28. The van der Waals surface area contributed by atoms with E-state index in [0.29, 0.717) is 24.3 Å². The van der Waals surface area contributed by atoms with Crippen molar-refractivity contribution < 1.29 is 26.4 Å². The van der Waals surface area contributed by atoms with Crippen LogP contribution >= 0.6 is 0 Å². The minimum absolute atomic E-state index is 0.112. The van der Waals surface area contributed by atoms with E-state index < -0.39 is 31.8 Å². The summed E-state index contributed by atoms with van der Waals surface area (Å²) in [4.78, 5) is 23.5. The first kappa shape index (κ1) is 21.5. The predicted octanol–water partition coefficient (Wildman–Crippen LogP) is 1.99. The van der Waals surface area contributed by atoms with Gasteiger partial charge in [-0.15, -0.1) is 0 Å². The predicted molar refractivity (Wildman–Crippen MR) is 99.2 cm³/mol. The lowest BCUT2D eigenvalue weighted by Gasteiger charge is -2.24. The highest BCUT2D eigenvalue weighted by Crippen LogP contribution is 2.31. The molecule has 1 aliphatic rings. The summed E-state index contributed by atoms with van der Waals surface area (Å²) in [5.41, 5.74) is -5.83. The van der Waals surface area contributed by atoms with Crippen molar-refractivity contribution in [2.24, 2.45) is 0 Å². The van der Waals surface area contributed by atoms with Crippen LogP contribution in [0.1, 0.15) is 22.3 Å². The molecule has 0 atom stereocenters. The van der Waals surface area contributed by atoms with Crippen molar-refractivity contribution in [1.82, 2.24) is 14.9 Å². The van der Waals surface area contributed by atoms with Crippen molar-refractivity contribution in [2.45, 2.75) is 17.0 Å². The van der Waals surface area contributed by atoms with E-state index in [2.05, 4.69) is 9.97 Å². The summed E-state index contributed by atoms with van der Waals surface area (Å²) >= 11 is 0. The van der Waals surface area contributed by atoms with Gasteiger partial charge in [-0.05, 0) is 30.7 Å². The van der Waals surface area contributed by atoms with Gasteiger partial charge in [0.15, 0.2) is 5.03 Å². The monoisotopic (exact) mass is 439 g/mol. The molecule has 1 saturated heterocycles. The molecule has 3 rings (SSSR count). The van der Waals surface area contributed by atoms with Crippen LogP contribution in [-0.2, 0) is 9.84 Å². The van der Waals surface area contributed by atoms with Gasteiger partial charge in [0.25, 0.3) is 15.7 Å². The summed E-state index contributed by atoms with van der Waals surface area (Å²) in [7, 11) is -5.78. The maximum absolute atomic E-state index is 13.0. The number of nitriles is 1. The molecule has 0 aliphatic carbocycles. The van der Waals surface area contributed by atoms with E-state index in [4.69, 9.17) is 0 Å². The number of carbonyl (C=O) groups excluding carboxylic acids is 1. The summed E-state index contributed by atoms with van der Waals surface area (Å²) in [6.45, 7) is 1.06. The van der Waals surface area contributed by atoms with Crippen molar-refractivity contribution in [3.63, 3.8) is 0 Å². The molecule has 0 unspecified atom stereocenters. The van der Waals surface area contributed by atoms with E-state index in [1.54, 1.807) is 12.1 Å². The zero-order valence-electron chi connectivity index (χ0n) is 15.5. The highest BCUT2D eigenvalue weighted by molar-refractivity contribution is 7.92. The maximum atomic E-state index is 13.0. The second-order valence-electron chi connectivity index (χ2n) is 6.42. The highest BCUT2D eigenvalue weighted by Gasteiger charge is 2.49. The minimum Gasteiger partial charge on any atom is -0.354 e. The van der Waals surface area contributed by atoms with Crippen LogP contribution in [0.4, 0.5) is 19.0 Å². The Hall–Kier alpha value is -3.20. The Kier molecular flexibility index (Phi) is 5.93. The summed E-state index contributed by atoms with van der Waals surface area (Å²) in [5.74, 6) is -0.398. The molecule has 30 heavy (non-hydrogen) atoms. The Morgan fingerprint density at radius 3 is 2.47 bits per heavy atom. The number of anilines is 1. The second kappa shape index (κ2) is 8.27. The third kappa shape index (κ3) is 4.06. The van der Waals surface area contributed by atoms with Gasteiger partial charge in [0.1, 0.15) is 11.9 Å². The van der Waals surface area contributed by atoms with Crippen molar-refractivity contribution in [2.75, 3.05) is 31.1 Å². The van der Waals surface area contributed by atoms with Gasteiger partial charge in [-0.3, -0.25) is 4.79 Å². The number of sulfone groups is 1. The van der Waals surface area contributed by atoms with Crippen LogP contribution in [-0.4, -0.2) is 60.9 Å². The molecule has 158 valence electrons. The lowest BCUT2D eigenvalue weighted by atomic mass is 10.2. The molecule has 0 spiro atoms. The Morgan fingerprint density at radius 2 is 1.77 bits per heavy atom. The molecule has 0 N–H and O–H groups in total. The number of rotatable bonds is 3. The molecular formula is C18H16F3N5O3S. The van der Waals surface area contributed by atoms with E-state index >= 15 is 0 Å². The van der Waals surface area contributed by atoms with E-state index in [1.807, 2.05) is 11.0 Å². The van der Waals surface area contributed by atoms with Crippen molar-refractivity contribution >= 4 is 21.6 Å². The molecule has 0 aromatic carbocycles. The number of aromatic nitrogens is 2. The first-order valence-electron chi connectivity index (χ1n) is 8.82. The number of amides is 1. The Labute approximate surface area is 170 Å². The Bertz CT molecular complexity index is 1100. The number of alkyl halides is 3. The molecule has 2 aromatic heterocycles. The Balaban J connectivity index is 1.86.